The minimum atomic E-state index is -0.699. The van der Waals surface area contributed by atoms with Gasteiger partial charge >= 0.3 is 5.97 Å². The molecule has 0 fully saturated rings. The highest BCUT2D eigenvalue weighted by molar-refractivity contribution is 5.70. The lowest BCUT2D eigenvalue weighted by molar-refractivity contribution is -0.137. The Morgan fingerprint density at radius 2 is 2.06 bits per heavy atom. The number of aliphatic carboxylic acids is 1. The largest absolute Gasteiger partial charge is 0.481 e. The molecule has 16 heavy (non-hydrogen) atoms. The zero-order chi connectivity index (χ0) is 11.4. The Hall–Kier alpha value is -1.57. The topological polar surface area (TPSA) is 37.3 Å². The van der Waals surface area contributed by atoms with E-state index in [2.05, 4.69) is 18.2 Å². The standard InChI is InChI=1S/C14H16O2/c15-14(16)10-11-5-4-8-13(9-11)12-6-2-1-3-7-12/h1-3,6-7,9,11H,4-5,8,10H2,(H,15,16). The quantitative estimate of drug-likeness (QED) is 0.841. The second-order valence-electron chi connectivity index (χ2n) is 4.31. The zero-order valence-corrected chi connectivity index (χ0v) is 9.23. The number of rotatable bonds is 3. The van der Waals surface area contributed by atoms with Crippen molar-refractivity contribution in [1.29, 1.82) is 0 Å². The summed E-state index contributed by atoms with van der Waals surface area (Å²) in [6.07, 6.45) is 5.57. The van der Waals surface area contributed by atoms with Gasteiger partial charge in [-0.05, 0) is 36.3 Å². The molecule has 1 atom stereocenters. The van der Waals surface area contributed by atoms with E-state index in [1.54, 1.807) is 0 Å². The fourth-order valence-electron chi connectivity index (χ4n) is 2.28. The second kappa shape index (κ2) is 4.97. The van der Waals surface area contributed by atoms with Crippen molar-refractivity contribution in [3.8, 4) is 0 Å². The van der Waals surface area contributed by atoms with Crippen LogP contribution in [0.2, 0.25) is 0 Å². The lowest BCUT2D eigenvalue weighted by Crippen LogP contribution is -2.09. The molecule has 0 saturated carbocycles. The Balaban J connectivity index is 2.15. The summed E-state index contributed by atoms with van der Waals surface area (Å²) in [6, 6.07) is 10.2. The van der Waals surface area contributed by atoms with Gasteiger partial charge in [-0.15, -0.1) is 0 Å². The average Bonchev–Trinajstić information content (AvgIpc) is 2.30. The van der Waals surface area contributed by atoms with Crippen LogP contribution in [0, 0.1) is 5.92 Å². The van der Waals surface area contributed by atoms with Gasteiger partial charge in [0.1, 0.15) is 0 Å². The van der Waals surface area contributed by atoms with Crippen molar-refractivity contribution in [3.05, 3.63) is 42.0 Å². The lowest BCUT2D eigenvalue weighted by atomic mass is 9.85. The highest BCUT2D eigenvalue weighted by atomic mass is 16.4. The number of hydrogen-bond acceptors (Lipinski definition) is 1. The van der Waals surface area contributed by atoms with Gasteiger partial charge in [0.15, 0.2) is 0 Å². The van der Waals surface area contributed by atoms with E-state index >= 15 is 0 Å². The molecule has 1 aromatic carbocycles. The zero-order valence-electron chi connectivity index (χ0n) is 9.23. The van der Waals surface area contributed by atoms with Crippen molar-refractivity contribution < 1.29 is 9.90 Å². The molecule has 0 heterocycles. The van der Waals surface area contributed by atoms with Crippen LogP contribution < -0.4 is 0 Å². The van der Waals surface area contributed by atoms with E-state index in [0.29, 0.717) is 0 Å². The first-order valence-electron chi connectivity index (χ1n) is 5.73. The summed E-state index contributed by atoms with van der Waals surface area (Å²) in [4.78, 5) is 10.7. The van der Waals surface area contributed by atoms with Crippen LogP contribution in [0.4, 0.5) is 0 Å². The Kier molecular flexibility index (Phi) is 3.40. The van der Waals surface area contributed by atoms with E-state index in [1.807, 2.05) is 18.2 Å². The van der Waals surface area contributed by atoms with Crippen molar-refractivity contribution >= 4 is 11.5 Å². The highest BCUT2D eigenvalue weighted by Gasteiger charge is 2.16. The molecule has 1 N–H and O–H groups in total. The SMILES string of the molecule is O=C(O)CC1C=C(c2ccccc2)CCC1. The molecule has 1 aliphatic carbocycles. The molecular weight excluding hydrogens is 200 g/mol. The molecule has 0 spiro atoms. The summed E-state index contributed by atoms with van der Waals surface area (Å²) >= 11 is 0. The summed E-state index contributed by atoms with van der Waals surface area (Å²) in [5.74, 6) is -0.489. The van der Waals surface area contributed by atoms with Gasteiger partial charge in [-0.1, -0.05) is 36.4 Å². The Morgan fingerprint density at radius 1 is 1.31 bits per heavy atom. The first-order chi connectivity index (χ1) is 7.75. The van der Waals surface area contributed by atoms with Crippen LogP contribution in [-0.2, 0) is 4.79 Å². The molecule has 1 aromatic rings. The van der Waals surface area contributed by atoms with Crippen LogP contribution in [0.1, 0.15) is 31.2 Å². The van der Waals surface area contributed by atoms with Gasteiger partial charge in [-0.2, -0.15) is 0 Å². The third-order valence-corrected chi connectivity index (χ3v) is 3.04. The fraction of sp³-hybridized carbons (Fsp3) is 0.357. The molecule has 0 radical (unpaired) electrons. The van der Waals surface area contributed by atoms with Gasteiger partial charge in [0.2, 0.25) is 0 Å². The van der Waals surface area contributed by atoms with Crippen LogP contribution in [0.3, 0.4) is 0 Å². The number of carboxylic acid groups (broad SMARTS) is 1. The summed E-state index contributed by atoms with van der Waals surface area (Å²) in [5, 5.41) is 8.79. The Bertz CT molecular complexity index is 392. The summed E-state index contributed by atoms with van der Waals surface area (Å²) in [5.41, 5.74) is 2.54. The molecule has 0 saturated heterocycles. The maximum absolute atomic E-state index is 10.7. The van der Waals surface area contributed by atoms with Gasteiger partial charge in [-0.25, -0.2) is 0 Å². The van der Waals surface area contributed by atoms with Crippen LogP contribution in [0.15, 0.2) is 36.4 Å². The number of allylic oxidation sites excluding steroid dienone is 2. The van der Waals surface area contributed by atoms with Crippen LogP contribution in [-0.4, -0.2) is 11.1 Å². The van der Waals surface area contributed by atoms with Crippen molar-refractivity contribution in [2.75, 3.05) is 0 Å². The van der Waals surface area contributed by atoms with Gasteiger partial charge in [0.05, 0.1) is 6.42 Å². The molecule has 2 nitrogen and oxygen atoms in total. The van der Waals surface area contributed by atoms with E-state index in [1.165, 1.54) is 11.1 Å². The molecule has 0 amide bonds. The van der Waals surface area contributed by atoms with Gasteiger partial charge in [0.25, 0.3) is 0 Å². The third-order valence-electron chi connectivity index (χ3n) is 3.04. The van der Waals surface area contributed by atoms with Crippen LogP contribution in [0.5, 0.6) is 0 Å². The van der Waals surface area contributed by atoms with Crippen molar-refractivity contribution in [3.63, 3.8) is 0 Å². The van der Waals surface area contributed by atoms with E-state index in [9.17, 15) is 4.79 Å². The molecule has 1 aliphatic rings. The molecule has 1 unspecified atom stereocenters. The predicted octanol–water partition coefficient (Wildman–Crippen LogP) is 3.34. The first-order valence-corrected chi connectivity index (χ1v) is 5.73. The van der Waals surface area contributed by atoms with Gasteiger partial charge in [0, 0.05) is 0 Å². The fourth-order valence-corrected chi connectivity index (χ4v) is 2.28. The Morgan fingerprint density at radius 3 is 2.75 bits per heavy atom. The minimum absolute atomic E-state index is 0.210. The van der Waals surface area contributed by atoms with Crippen molar-refractivity contribution in [1.82, 2.24) is 0 Å². The van der Waals surface area contributed by atoms with Crippen LogP contribution in [0.25, 0.3) is 5.57 Å². The number of carboxylic acids is 1. The maximum Gasteiger partial charge on any atom is 0.303 e. The smallest absolute Gasteiger partial charge is 0.303 e. The molecule has 2 rings (SSSR count). The molecule has 0 bridgehead atoms. The first kappa shape index (κ1) is 10.9. The number of hydrogen-bond donors (Lipinski definition) is 1. The van der Waals surface area contributed by atoms with E-state index in [4.69, 9.17) is 5.11 Å². The molecular formula is C14H16O2. The van der Waals surface area contributed by atoms with Gasteiger partial charge < -0.3 is 5.11 Å². The molecule has 84 valence electrons. The van der Waals surface area contributed by atoms with Gasteiger partial charge in [-0.3, -0.25) is 4.79 Å². The summed E-state index contributed by atoms with van der Waals surface area (Å²) in [7, 11) is 0. The molecule has 2 heteroatoms. The monoisotopic (exact) mass is 216 g/mol. The van der Waals surface area contributed by atoms with E-state index in [0.717, 1.165) is 19.3 Å². The van der Waals surface area contributed by atoms with Crippen molar-refractivity contribution in [2.24, 2.45) is 5.92 Å². The van der Waals surface area contributed by atoms with Crippen LogP contribution >= 0.6 is 0 Å². The minimum Gasteiger partial charge on any atom is -0.481 e. The lowest BCUT2D eigenvalue weighted by Gasteiger charge is -2.19. The predicted molar refractivity (Wildman–Crippen MR) is 64.0 cm³/mol. The third kappa shape index (κ3) is 2.72. The summed E-state index contributed by atoms with van der Waals surface area (Å²) in [6.45, 7) is 0. The van der Waals surface area contributed by atoms with E-state index < -0.39 is 5.97 Å². The highest BCUT2D eigenvalue weighted by Crippen LogP contribution is 2.31. The summed E-state index contributed by atoms with van der Waals surface area (Å²) < 4.78 is 0. The second-order valence-corrected chi connectivity index (χ2v) is 4.31. The Labute approximate surface area is 95.6 Å². The maximum atomic E-state index is 10.7. The normalized spacial score (nSPS) is 20.2. The van der Waals surface area contributed by atoms with E-state index in [-0.39, 0.29) is 12.3 Å². The van der Waals surface area contributed by atoms with Crippen molar-refractivity contribution in [2.45, 2.75) is 25.7 Å². The number of benzene rings is 1. The number of carbonyl (C=O) groups is 1. The molecule has 0 aliphatic heterocycles. The molecule has 0 aromatic heterocycles. The average molecular weight is 216 g/mol.